The number of anilines is 1. The van der Waals surface area contributed by atoms with E-state index in [1.165, 1.54) is 16.7 Å². The highest BCUT2D eigenvalue weighted by atomic mass is 16.6. The minimum atomic E-state index is -0.351. The van der Waals surface area contributed by atoms with Crippen LogP contribution in [0.1, 0.15) is 32.3 Å². The molecule has 142 valence electrons. The van der Waals surface area contributed by atoms with Gasteiger partial charge in [0.2, 0.25) is 0 Å². The van der Waals surface area contributed by atoms with E-state index >= 15 is 0 Å². The number of ether oxygens (including phenoxy) is 1. The summed E-state index contributed by atoms with van der Waals surface area (Å²) in [6, 6.07) is 15.4. The summed E-state index contributed by atoms with van der Waals surface area (Å²) in [6.45, 7) is 5.31. The van der Waals surface area contributed by atoms with E-state index in [1.807, 2.05) is 24.3 Å². The van der Waals surface area contributed by atoms with E-state index < -0.39 is 0 Å². The van der Waals surface area contributed by atoms with E-state index in [4.69, 9.17) is 4.74 Å². The molecule has 1 atom stereocenters. The SMILES string of the molecule is COc1ccc(CC2C(=C(C)C)CCCN2c2ccc([N+](=O)[O-])cc2)cc1. The van der Waals surface area contributed by atoms with Gasteiger partial charge in [0, 0.05) is 24.4 Å². The van der Waals surface area contributed by atoms with E-state index in [9.17, 15) is 10.1 Å². The van der Waals surface area contributed by atoms with Crippen molar-refractivity contribution in [1.29, 1.82) is 0 Å². The molecule has 0 bridgehead atoms. The van der Waals surface area contributed by atoms with Gasteiger partial charge in [0.15, 0.2) is 0 Å². The van der Waals surface area contributed by atoms with E-state index in [2.05, 4.69) is 30.9 Å². The number of methoxy groups -OCH3 is 1. The molecule has 0 radical (unpaired) electrons. The van der Waals surface area contributed by atoms with Crippen molar-refractivity contribution in [1.82, 2.24) is 0 Å². The van der Waals surface area contributed by atoms with Crippen LogP contribution in [-0.2, 0) is 6.42 Å². The molecule has 2 aromatic rings. The third kappa shape index (κ3) is 4.30. The average Bonchev–Trinajstić information content (AvgIpc) is 2.68. The van der Waals surface area contributed by atoms with Gasteiger partial charge in [0.05, 0.1) is 18.1 Å². The first-order valence-corrected chi connectivity index (χ1v) is 9.30. The Hall–Kier alpha value is -2.82. The highest BCUT2D eigenvalue weighted by Gasteiger charge is 2.28. The molecule has 0 N–H and O–H groups in total. The van der Waals surface area contributed by atoms with Gasteiger partial charge < -0.3 is 9.64 Å². The Morgan fingerprint density at radius 2 is 1.81 bits per heavy atom. The number of allylic oxidation sites excluding steroid dienone is 1. The summed E-state index contributed by atoms with van der Waals surface area (Å²) in [5.74, 6) is 0.858. The van der Waals surface area contributed by atoms with Crippen LogP contribution in [0.25, 0.3) is 0 Å². The highest BCUT2D eigenvalue weighted by molar-refractivity contribution is 5.54. The number of hydrogen-bond acceptors (Lipinski definition) is 4. The molecule has 1 unspecified atom stereocenters. The summed E-state index contributed by atoms with van der Waals surface area (Å²) in [7, 11) is 1.67. The third-order valence-electron chi connectivity index (χ3n) is 5.25. The number of hydrogen-bond donors (Lipinski definition) is 0. The van der Waals surface area contributed by atoms with Gasteiger partial charge in [-0.3, -0.25) is 10.1 Å². The summed E-state index contributed by atoms with van der Waals surface area (Å²) < 4.78 is 5.26. The second-order valence-corrected chi connectivity index (χ2v) is 7.16. The van der Waals surface area contributed by atoms with Crippen molar-refractivity contribution in [3.05, 3.63) is 75.4 Å². The second kappa shape index (κ2) is 8.25. The normalized spacial score (nSPS) is 16.9. The zero-order chi connectivity index (χ0) is 19.4. The second-order valence-electron chi connectivity index (χ2n) is 7.16. The van der Waals surface area contributed by atoms with Crippen LogP contribution in [0, 0.1) is 10.1 Å². The van der Waals surface area contributed by atoms with Gasteiger partial charge in [0.25, 0.3) is 5.69 Å². The molecule has 3 rings (SSSR count). The first-order valence-electron chi connectivity index (χ1n) is 9.30. The Balaban J connectivity index is 1.91. The highest BCUT2D eigenvalue weighted by Crippen LogP contribution is 2.33. The molecule has 1 saturated heterocycles. The van der Waals surface area contributed by atoms with E-state index in [0.29, 0.717) is 0 Å². The van der Waals surface area contributed by atoms with Crippen molar-refractivity contribution in [2.24, 2.45) is 0 Å². The predicted octanol–water partition coefficient (Wildman–Crippen LogP) is 5.15. The molecule has 5 heteroatoms. The van der Waals surface area contributed by atoms with E-state index in [0.717, 1.165) is 37.2 Å². The average molecular weight is 366 g/mol. The smallest absolute Gasteiger partial charge is 0.269 e. The lowest BCUT2D eigenvalue weighted by molar-refractivity contribution is -0.384. The molecule has 5 nitrogen and oxygen atoms in total. The molecule has 0 aromatic heterocycles. The van der Waals surface area contributed by atoms with Gasteiger partial charge in [0.1, 0.15) is 5.75 Å². The molecule has 27 heavy (non-hydrogen) atoms. The lowest BCUT2D eigenvalue weighted by Gasteiger charge is -2.40. The summed E-state index contributed by atoms with van der Waals surface area (Å²) in [5.41, 5.74) is 5.26. The van der Waals surface area contributed by atoms with Crippen molar-refractivity contribution in [3.63, 3.8) is 0 Å². The molecule has 2 aromatic carbocycles. The largest absolute Gasteiger partial charge is 0.497 e. The zero-order valence-corrected chi connectivity index (χ0v) is 16.1. The maximum atomic E-state index is 11.0. The lowest BCUT2D eigenvalue weighted by Crippen LogP contribution is -2.43. The Morgan fingerprint density at radius 1 is 1.15 bits per heavy atom. The predicted molar refractivity (Wildman–Crippen MR) is 109 cm³/mol. The fourth-order valence-electron chi connectivity index (χ4n) is 3.83. The van der Waals surface area contributed by atoms with Crippen LogP contribution >= 0.6 is 0 Å². The number of non-ortho nitro benzene ring substituents is 1. The van der Waals surface area contributed by atoms with Crippen LogP contribution in [0.15, 0.2) is 59.7 Å². The maximum absolute atomic E-state index is 11.0. The summed E-state index contributed by atoms with van der Waals surface area (Å²) in [5, 5.41) is 11.0. The van der Waals surface area contributed by atoms with Crippen molar-refractivity contribution in [3.8, 4) is 5.75 Å². The number of nitro groups is 1. The first-order chi connectivity index (χ1) is 13.0. The minimum absolute atomic E-state index is 0.130. The quantitative estimate of drug-likeness (QED) is 0.417. The molecular weight excluding hydrogens is 340 g/mol. The molecule has 1 fully saturated rings. The van der Waals surface area contributed by atoms with Crippen molar-refractivity contribution in [2.45, 2.75) is 39.2 Å². The zero-order valence-electron chi connectivity index (χ0n) is 16.1. The van der Waals surface area contributed by atoms with Gasteiger partial charge >= 0.3 is 0 Å². The number of nitrogens with zero attached hydrogens (tertiary/aromatic N) is 2. The Morgan fingerprint density at radius 3 is 2.37 bits per heavy atom. The van der Waals surface area contributed by atoms with Gasteiger partial charge in [-0.05, 0) is 68.5 Å². The number of benzene rings is 2. The molecule has 0 amide bonds. The van der Waals surface area contributed by atoms with Crippen LogP contribution in [0.3, 0.4) is 0 Å². The molecular formula is C22H26N2O3. The van der Waals surface area contributed by atoms with Crippen LogP contribution < -0.4 is 9.64 Å². The monoisotopic (exact) mass is 366 g/mol. The van der Waals surface area contributed by atoms with E-state index in [-0.39, 0.29) is 16.7 Å². The lowest BCUT2D eigenvalue weighted by atomic mass is 9.87. The standard InChI is InChI=1S/C22H26N2O3/c1-16(2)21-5-4-14-23(18-8-10-19(11-9-18)24(25)26)22(21)15-17-6-12-20(27-3)13-7-17/h6-13,22H,4-5,14-15H2,1-3H3. The Kier molecular flexibility index (Phi) is 5.79. The van der Waals surface area contributed by atoms with Crippen molar-refractivity contribution in [2.75, 3.05) is 18.6 Å². The first kappa shape index (κ1) is 19.0. The maximum Gasteiger partial charge on any atom is 0.269 e. The van der Waals surface area contributed by atoms with Crippen molar-refractivity contribution < 1.29 is 9.66 Å². The summed E-state index contributed by atoms with van der Waals surface area (Å²) >= 11 is 0. The number of nitro benzene ring substituents is 1. The van der Waals surface area contributed by atoms with E-state index in [1.54, 1.807) is 19.2 Å². The van der Waals surface area contributed by atoms with Crippen LogP contribution in [-0.4, -0.2) is 24.6 Å². The van der Waals surface area contributed by atoms with Gasteiger partial charge in [-0.15, -0.1) is 0 Å². The van der Waals surface area contributed by atoms with Crippen LogP contribution in [0.4, 0.5) is 11.4 Å². The molecule has 0 saturated carbocycles. The molecule has 1 aliphatic rings. The Bertz CT molecular complexity index is 822. The van der Waals surface area contributed by atoms with Crippen LogP contribution in [0.2, 0.25) is 0 Å². The topological polar surface area (TPSA) is 55.6 Å². The Labute approximate surface area is 160 Å². The molecule has 1 aliphatic heterocycles. The van der Waals surface area contributed by atoms with Gasteiger partial charge in [-0.1, -0.05) is 17.7 Å². The van der Waals surface area contributed by atoms with Gasteiger partial charge in [-0.25, -0.2) is 0 Å². The minimum Gasteiger partial charge on any atom is -0.497 e. The van der Waals surface area contributed by atoms with Crippen molar-refractivity contribution >= 4 is 11.4 Å². The number of rotatable bonds is 5. The van der Waals surface area contributed by atoms with Crippen LogP contribution in [0.5, 0.6) is 5.75 Å². The fourth-order valence-corrected chi connectivity index (χ4v) is 3.83. The summed E-state index contributed by atoms with van der Waals surface area (Å²) in [4.78, 5) is 13.0. The molecule has 0 aliphatic carbocycles. The van der Waals surface area contributed by atoms with Gasteiger partial charge in [-0.2, -0.15) is 0 Å². The number of piperidine rings is 1. The fraction of sp³-hybridized carbons (Fsp3) is 0.364. The molecule has 1 heterocycles. The third-order valence-corrected chi connectivity index (χ3v) is 5.25. The summed E-state index contributed by atoms with van der Waals surface area (Å²) in [6.07, 6.45) is 3.10. The molecule has 0 spiro atoms.